The van der Waals surface area contributed by atoms with E-state index in [4.69, 9.17) is 9.47 Å². The Balaban J connectivity index is 1.29. The maximum Gasteiger partial charge on any atom is 0.316 e. The number of sulfonamides is 1. The van der Waals surface area contributed by atoms with Crippen LogP contribution in [0.4, 0.5) is 5.69 Å². The van der Waals surface area contributed by atoms with Crippen LogP contribution in [-0.2, 0) is 29.8 Å². The number of ether oxygens (including phenoxy) is 2. The number of rotatable bonds is 9. The van der Waals surface area contributed by atoms with Gasteiger partial charge < -0.3 is 14.8 Å². The Labute approximate surface area is 206 Å². The molecule has 0 bridgehead atoms. The predicted octanol–water partition coefficient (Wildman–Crippen LogP) is 3.86. The van der Waals surface area contributed by atoms with Crippen molar-refractivity contribution >= 4 is 27.6 Å². The molecule has 2 fully saturated rings. The van der Waals surface area contributed by atoms with Gasteiger partial charge in [-0.25, -0.2) is 8.42 Å². The lowest BCUT2D eigenvalue weighted by atomic mass is 9.96. The van der Waals surface area contributed by atoms with Crippen molar-refractivity contribution in [1.29, 1.82) is 0 Å². The largest absolute Gasteiger partial charge is 0.484 e. The van der Waals surface area contributed by atoms with Crippen LogP contribution in [0.15, 0.2) is 53.4 Å². The molecule has 1 saturated heterocycles. The molecule has 1 aliphatic carbocycles. The maximum absolute atomic E-state index is 12.9. The van der Waals surface area contributed by atoms with Gasteiger partial charge in [-0.3, -0.25) is 9.59 Å². The lowest BCUT2D eigenvalue weighted by molar-refractivity contribution is -0.146. The Hall–Kier alpha value is -2.91. The van der Waals surface area contributed by atoms with E-state index in [9.17, 15) is 18.0 Å². The lowest BCUT2D eigenvalue weighted by Gasteiger charge is -2.20. The first kappa shape index (κ1) is 25.2. The van der Waals surface area contributed by atoms with E-state index < -0.39 is 15.4 Å². The van der Waals surface area contributed by atoms with Crippen LogP contribution >= 0.6 is 0 Å². The number of hydrogen-bond acceptors (Lipinski definition) is 6. The van der Waals surface area contributed by atoms with Crippen LogP contribution < -0.4 is 10.1 Å². The highest BCUT2D eigenvalue weighted by atomic mass is 32.2. The van der Waals surface area contributed by atoms with Crippen LogP contribution in [0.3, 0.4) is 0 Å². The first-order valence-corrected chi connectivity index (χ1v) is 13.6. The molecule has 1 heterocycles. The van der Waals surface area contributed by atoms with E-state index in [0.29, 0.717) is 31.1 Å². The molecule has 35 heavy (non-hydrogen) atoms. The Morgan fingerprint density at radius 2 is 1.57 bits per heavy atom. The van der Waals surface area contributed by atoms with Crippen LogP contribution in [0.2, 0.25) is 0 Å². The standard InChI is InChI=1S/C26H32N2O6S/c1-2-33-25(30)26(15-16-26)20-7-9-21(10-8-20)27-24(29)19-34-22-11-13-23(14-12-22)35(31,32)28-17-5-3-4-6-18-28/h7-14H,2-6,15-19H2,1H3,(H,27,29). The zero-order chi connectivity index (χ0) is 24.9. The van der Waals surface area contributed by atoms with Gasteiger partial charge in [0.1, 0.15) is 5.75 Å². The number of anilines is 1. The molecule has 9 heteroatoms. The molecule has 1 N–H and O–H groups in total. The highest BCUT2D eigenvalue weighted by molar-refractivity contribution is 7.89. The topological polar surface area (TPSA) is 102 Å². The number of hydrogen-bond donors (Lipinski definition) is 1. The molecule has 1 aliphatic heterocycles. The summed E-state index contributed by atoms with van der Waals surface area (Å²) >= 11 is 0. The summed E-state index contributed by atoms with van der Waals surface area (Å²) in [6.45, 7) is 3.02. The van der Waals surface area contributed by atoms with Gasteiger partial charge in [0.2, 0.25) is 10.0 Å². The molecule has 1 amide bonds. The van der Waals surface area contributed by atoms with Crippen molar-refractivity contribution < 1.29 is 27.5 Å². The summed E-state index contributed by atoms with van der Waals surface area (Å²) < 4.78 is 38.0. The Morgan fingerprint density at radius 3 is 2.14 bits per heavy atom. The van der Waals surface area contributed by atoms with Gasteiger partial charge in [-0.1, -0.05) is 25.0 Å². The molecule has 0 spiro atoms. The second-order valence-electron chi connectivity index (χ2n) is 9.01. The molecule has 8 nitrogen and oxygen atoms in total. The number of benzene rings is 2. The number of esters is 1. The zero-order valence-electron chi connectivity index (χ0n) is 20.0. The van der Waals surface area contributed by atoms with E-state index in [1.165, 1.54) is 12.1 Å². The van der Waals surface area contributed by atoms with E-state index in [0.717, 1.165) is 44.1 Å². The lowest BCUT2D eigenvalue weighted by Crippen LogP contribution is -2.31. The SMILES string of the molecule is CCOC(=O)C1(c2ccc(NC(=O)COc3ccc(S(=O)(=O)N4CCCCCC4)cc3)cc2)CC1. The average Bonchev–Trinajstić information content (AvgIpc) is 3.69. The second kappa shape index (κ2) is 10.8. The number of nitrogens with one attached hydrogen (secondary N) is 1. The molecule has 188 valence electrons. The summed E-state index contributed by atoms with van der Waals surface area (Å²) in [5.41, 5.74) is 0.940. The fraction of sp³-hybridized carbons (Fsp3) is 0.462. The predicted molar refractivity (Wildman–Crippen MR) is 132 cm³/mol. The molecule has 0 aromatic heterocycles. The number of amides is 1. The van der Waals surface area contributed by atoms with Gasteiger partial charge in [-0.05, 0) is 74.6 Å². The normalized spacial score (nSPS) is 17.7. The van der Waals surface area contributed by atoms with E-state index in [1.54, 1.807) is 35.5 Å². The molecular formula is C26H32N2O6S. The molecule has 0 atom stereocenters. The first-order chi connectivity index (χ1) is 16.8. The van der Waals surface area contributed by atoms with Crippen LogP contribution in [0.1, 0.15) is 51.0 Å². The fourth-order valence-corrected chi connectivity index (χ4v) is 5.88. The minimum absolute atomic E-state index is 0.199. The summed E-state index contributed by atoms with van der Waals surface area (Å²) in [6.07, 6.45) is 5.40. The fourth-order valence-electron chi connectivity index (χ4n) is 4.36. The Kier molecular flexibility index (Phi) is 7.76. The quantitative estimate of drug-likeness (QED) is 0.525. The molecular weight excluding hydrogens is 468 g/mol. The summed E-state index contributed by atoms with van der Waals surface area (Å²) in [7, 11) is -3.52. The van der Waals surface area contributed by atoms with Crippen molar-refractivity contribution in [2.45, 2.75) is 55.8 Å². The summed E-state index contributed by atoms with van der Waals surface area (Å²) in [6, 6.07) is 13.4. The highest BCUT2D eigenvalue weighted by Crippen LogP contribution is 2.49. The van der Waals surface area contributed by atoms with Crippen molar-refractivity contribution in [2.75, 3.05) is 31.6 Å². The number of carbonyl (C=O) groups is 2. The van der Waals surface area contributed by atoms with Crippen molar-refractivity contribution in [3.05, 3.63) is 54.1 Å². The zero-order valence-corrected chi connectivity index (χ0v) is 20.8. The number of nitrogens with zero attached hydrogens (tertiary/aromatic N) is 1. The van der Waals surface area contributed by atoms with Crippen LogP contribution in [-0.4, -0.2) is 50.9 Å². The Bertz CT molecular complexity index is 1130. The molecule has 2 aromatic carbocycles. The van der Waals surface area contributed by atoms with E-state index in [-0.39, 0.29) is 23.4 Å². The molecule has 4 rings (SSSR count). The van der Waals surface area contributed by atoms with Crippen molar-refractivity contribution in [2.24, 2.45) is 0 Å². The molecule has 2 aromatic rings. The van der Waals surface area contributed by atoms with Crippen LogP contribution in [0.5, 0.6) is 5.75 Å². The first-order valence-electron chi connectivity index (χ1n) is 12.2. The number of carbonyl (C=O) groups excluding carboxylic acids is 2. The van der Waals surface area contributed by atoms with Crippen molar-refractivity contribution in [3.8, 4) is 5.75 Å². The molecule has 2 aliphatic rings. The maximum atomic E-state index is 12.9. The van der Waals surface area contributed by atoms with Crippen molar-refractivity contribution in [3.63, 3.8) is 0 Å². The van der Waals surface area contributed by atoms with Gasteiger partial charge in [-0.15, -0.1) is 0 Å². The molecule has 0 unspecified atom stereocenters. The molecule has 0 radical (unpaired) electrons. The highest BCUT2D eigenvalue weighted by Gasteiger charge is 2.52. The third-order valence-electron chi connectivity index (χ3n) is 6.53. The van der Waals surface area contributed by atoms with Gasteiger partial charge in [0.25, 0.3) is 5.91 Å². The second-order valence-corrected chi connectivity index (χ2v) is 10.9. The monoisotopic (exact) mass is 500 g/mol. The minimum Gasteiger partial charge on any atom is -0.484 e. The third-order valence-corrected chi connectivity index (χ3v) is 8.45. The minimum atomic E-state index is -3.52. The van der Waals surface area contributed by atoms with E-state index in [2.05, 4.69) is 5.32 Å². The summed E-state index contributed by atoms with van der Waals surface area (Å²) in [4.78, 5) is 24.8. The van der Waals surface area contributed by atoms with Crippen LogP contribution in [0, 0.1) is 0 Å². The van der Waals surface area contributed by atoms with Gasteiger partial charge in [0.05, 0.1) is 16.9 Å². The summed E-state index contributed by atoms with van der Waals surface area (Å²) in [5, 5.41) is 2.77. The van der Waals surface area contributed by atoms with Crippen molar-refractivity contribution in [1.82, 2.24) is 4.31 Å². The van der Waals surface area contributed by atoms with E-state index in [1.807, 2.05) is 12.1 Å². The van der Waals surface area contributed by atoms with Gasteiger partial charge >= 0.3 is 5.97 Å². The Morgan fingerprint density at radius 1 is 0.943 bits per heavy atom. The average molecular weight is 501 g/mol. The van der Waals surface area contributed by atoms with Gasteiger partial charge in [0, 0.05) is 18.8 Å². The third kappa shape index (κ3) is 5.85. The summed E-state index contributed by atoms with van der Waals surface area (Å²) in [5.74, 6) is -0.128. The van der Waals surface area contributed by atoms with Crippen LogP contribution in [0.25, 0.3) is 0 Å². The van der Waals surface area contributed by atoms with Gasteiger partial charge in [-0.2, -0.15) is 4.31 Å². The smallest absolute Gasteiger partial charge is 0.316 e. The van der Waals surface area contributed by atoms with Gasteiger partial charge in [0.15, 0.2) is 6.61 Å². The molecule has 1 saturated carbocycles. The van der Waals surface area contributed by atoms with E-state index >= 15 is 0 Å².